The minimum absolute atomic E-state index is 0.468. The monoisotopic (exact) mass is 598 g/mol. The van der Waals surface area contributed by atoms with E-state index in [2.05, 4.69) is 113 Å². The molecule has 46 heavy (non-hydrogen) atoms. The van der Waals surface area contributed by atoms with Gasteiger partial charge in [0, 0.05) is 58.7 Å². The van der Waals surface area contributed by atoms with Crippen molar-refractivity contribution in [2.75, 3.05) is 11.4 Å². The molecule has 1 aliphatic carbocycles. The molecule has 0 spiro atoms. The van der Waals surface area contributed by atoms with E-state index in [-0.39, 0.29) is 0 Å². The molecule has 4 atom stereocenters. The Morgan fingerprint density at radius 3 is 2.02 bits per heavy atom. The van der Waals surface area contributed by atoms with E-state index in [1.165, 1.54) is 41.9 Å². The van der Waals surface area contributed by atoms with Crippen molar-refractivity contribution >= 4 is 17.5 Å². The standard InChI is InChI=1S/C42H38N4/c1-2-32(21-14-24-41-43-37(30-15-6-3-7-16-30)29-38(44-41)31-17-8-4-9-18-31)45-28-27-36-39(45)26-25-35-34-22-12-13-23-40(34)46(42(35)36)33-19-10-5-11-20-33/h2-24,29,35-36,39,42H,1,25-28H2/b24-14+,32-21+. The summed E-state index contributed by atoms with van der Waals surface area (Å²) in [4.78, 5) is 15.1. The molecule has 1 saturated carbocycles. The van der Waals surface area contributed by atoms with Gasteiger partial charge in [0.15, 0.2) is 5.82 Å². The first-order valence-electron chi connectivity index (χ1n) is 16.5. The topological polar surface area (TPSA) is 32.3 Å². The smallest absolute Gasteiger partial charge is 0.153 e. The minimum Gasteiger partial charge on any atom is -0.368 e. The number of anilines is 2. The summed E-state index contributed by atoms with van der Waals surface area (Å²) in [6.07, 6.45) is 11.9. The molecule has 0 N–H and O–H groups in total. The van der Waals surface area contributed by atoms with Crippen LogP contribution in [0.4, 0.5) is 11.4 Å². The van der Waals surface area contributed by atoms with E-state index in [4.69, 9.17) is 9.97 Å². The number of rotatable bonds is 7. The zero-order chi connectivity index (χ0) is 30.9. The Balaban J connectivity index is 1.08. The van der Waals surface area contributed by atoms with Gasteiger partial charge in [0.25, 0.3) is 0 Å². The van der Waals surface area contributed by atoms with Crippen LogP contribution in [0.1, 0.15) is 36.6 Å². The highest BCUT2D eigenvalue weighted by Gasteiger charge is 2.52. The molecule has 2 aliphatic heterocycles. The quantitative estimate of drug-likeness (QED) is 0.175. The number of para-hydroxylation sites is 2. The van der Waals surface area contributed by atoms with Gasteiger partial charge in [0.2, 0.25) is 0 Å². The van der Waals surface area contributed by atoms with Crippen LogP contribution in [0.25, 0.3) is 28.6 Å². The van der Waals surface area contributed by atoms with E-state index in [0.717, 1.165) is 29.1 Å². The summed E-state index contributed by atoms with van der Waals surface area (Å²) < 4.78 is 0. The van der Waals surface area contributed by atoms with E-state index in [9.17, 15) is 0 Å². The van der Waals surface area contributed by atoms with Gasteiger partial charge in [-0.2, -0.15) is 0 Å². The molecule has 4 aromatic carbocycles. The summed E-state index contributed by atoms with van der Waals surface area (Å²) in [7, 11) is 0. The Kier molecular flexibility index (Phi) is 7.55. The first-order chi connectivity index (χ1) is 22.8. The SMILES string of the molecule is C=C/C(=C\C=C\c1nc(-c2ccccc2)cc(-c2ccccc2)n1)N1CCC2C1CCC1c3ccccc3N(c3ccccc3)C12. The van der Waals surface area contributed by atoms with Crippen molar-refractivity contribution in [3.63, 3.8) is 0 Å². The van der Waals surface area contributed by atoms with E-state index >= 15 is 0 Å². The third kappa shape index (κ3) is 5.14. The summed E-state index contributed by atoms with van der Waals surface area (Å²) in [5.74, 6) is 1.85. The van der Waals surface area contributed by atoms with Gasteiger partial charge < -0.3 is 9.80 Å². The summed E-state index contributed by atoms with van der Waals surface area (Å²) in [5, 5.41) is 0. The molecule has 3 aliphatic rings. The van der Waals surface area contributed by atoms with E-state index in [1.807, 2.05) is 48.6 Å². The van der Waals surface area contributed by atoms with Crippen molar-refractivity contribution in [2.24, 2.45) is 5.92 Å². The lowest BCUT2D eigenvalue weighted by molar-refractivity contribution is 0.192. The first-order valence-corrected chi connectivity index (χ1v) is 16.5. The number of fused-ring (bicyclic) bond motifs is 5. The van der Waals surface area contributed by atoms with Gasteiger partial charge in [-0.25, -0.2) is 9.97 Å². The Morgan fingerprint density at radius 1 is 0.717 bits per heavy atom. The molecule has 8 rings (SSSR count). The molecule has 4 heteroatoms. The van der Waals surface area contributed by atoms with Crippen LogP contribution in [0.15, 0.2) is 152 Å². The summed E-state index contributed by atoms with van der Waals surface area (Å²) in [6, 6.07) is 43.8. The molecule has 0 amide bonds. The second-order valence-corrected chi connectivity index (χ2v) is 12.5. The largest absolute Gasteiger partial charge is 0.368 e. The van der Waals surface area contributed by atoms with Crippen molar-refractivity contribution in [2.45, 2.75) is 37.3 Å². The molecular formula is C42H38N4. The van der Waals surface area contributed by atoms with Crippen LogP contribution in [0.2, 0.25) is 0 Å². The maximum absolute atomic E-state index is 4.94. The predicted octanol–water partition coefficient (Wildman–Crippen LogP) is 9.68. The molecular weight excluding hydrogens is 560 g/mol. The summed E-state index contributed by atoms with van der Waals surface area (Å²) >= 11 is 0. The molecule has 1 aromatic heterocycles. The molecule has 5 aromatic rings. The zero-order valence-electron chi connectivity index (χ0n) is 26.0. The highest BCUT2D eigenvalue weighted by molar-refractivity contribution is 5.73. The van der Waals surface area contributed by atoms with Gasteiger partial charge in [-0.3, -0.25) is 0 Å². The number of allylic oxidation sites excluding steroid dienone is 3. The van der Waals surface area contributed by atoms with Gasteiger partial charge in [-0.1, -0.05) is 110 Å². The Hall–Kier alpha value is -5.22. The number of hydrogen-bond acceptors (Lipinski definition) is 4. The van der Waals surface area contributed by atoms with Gasteiger partial charge >= 0.3 is 0 Å². The fraction of sp³-hybridized carbons (Fsp3) is 0.190. The van der Waals surface area contributed by atoms with Crippen molar-refractivity contribution in [3.05, 3.63) is 163 Å². The van der Waals surface area contributed by atoms with Crippen LogP contribution >= 0.6 is 0 Å². The molecule has 4 unspecified atom stereocenters. The third-order valence-corrected chi connectivity index (χ3v) is 10.1. The van der Waals surface area contributed by atoms with Gasteiger partial charge in [-0.05, 0) is 67.3 Å². The normalized spacial score (nSPS) is 22.0. The van der Waals surface area contributed by atoms with Crippen LogP contribution in [0.3, 0.4) is 0 Å². The molecule has 0 bridgehead atoms. The van der Waals surface area contributed by atoms with Gasteiger partial charge in [0.05, 0.1) is 11.4 Å². The first kappa shape index (κ1) is 28.3. The highest BCUT2D eigenvalue weighted by atomic mass is 15.3. The molecule has 1 saturated heterocycles. The maximum Gasteiger partial charge on any atom is 0.153 e. The second kappa shape index (κ2) is 12.3. The average molecular weight is 599 g/mol. The number of likely N-dealkylation sites (tertiary alicyclic amines) is 1. The number of nitrogens with zero attached hydrogens (tertiary/aromatic N) is 4. The van der Waals surface area contributed by atoms with Crippen molar-refractivity contribution in [3.8, 4) is 22.5 Å². The fourth-order valence-electron chi connectivity index (χ4n) is 8.15. The minimum atomic E-state index is 0.468. The molecule has 2 fully saturated rings. The van der Waals surface area contributed by atoms with Crippen LogP contribution in [0, 0.1) is 5.92 Å². The Bertz CT molecular complexity index is 1840. The van der Waals surface area contributed by atoms with Crippen LogP contribution in [-0.4, -0.2) is 33.5 Å². The van der Waals surface area contributed by atoms with Crippen molar-refractivity contribution < 1.29 is 0 Å². The van der Waals surface area contributed by atoms with Crippen LogP contribution < -0.4 is 4.90 Å². The second-order valence-electron chi connectivity index (χ2n) is 12.5. The van der Waals surface area contributed by atoms with Crippen molar-refractivity contribution in [1.29, 1.82) is 0 Å². The zero-order valence-corrected chi connectivity index (χ0v) is 26.0. The van der Waals surface area contributed by atoms with Gasteiger partial charge in [0.1, 0.15) is 0 Å². The number of hydrogen-bond donors (Lipinski definition) is 0. The average Bonchev–Trinajstić information content (AvgIpc) is 3.71. The summed E-state index contributed by atoms with van der Waals surface area (Å²) in [5.41, 5.74) is 9.38. The molecule has 4 nitrogen and oxygen atoms in total. The number of benzene rings is 4. The highest BCUT2D eigenvalue weighted by Crippen LogP contribution is 2.55. The maximum atomic E-state index is 4.94. The van der Waals surface area contributed by atoms with Crippen LogP contribution in [-0.2, 0) is 0 Å². The summed E-state index contributed by atoms with van der Waals surface area (Å²) in [6.45, 7) is 5.30. The van der Waals surface area contributed by atoms with Gasteiger partial charge in [-0.15, -0.1) is 0 Å². The Labute approximate surface area is 272 Å². The fourth-order valence-corrected chi connectivity index (χ4v) is 8.15. The third-order valence-electron chi connectivity index (χ3n) is 10.1. The lowest BCUT2D eigenvalue weighted by Crippen LogP contribution is -2.47. The molecule has 0 radical (unpaired) electrons. The Morgan fingerprint density at radius 2 is 1.35 bits per heavy atom. The van der Waals surface area contributed by atoms with Crippen LogP contribution in [0.5, 0.6) is 0 Å². The lowest BCUT2D eigenvalue weighted by Gasteiger charge is -2.43. The number of aromatic nitrogens is 2. The molecule has 3 heterocycles. The van der Waals surface area contributed by atoms with E-state index < -0.39 is 0 Å². The van der Waals surface area contributed by atoms with E-state index in [0.29, 0.717) is 29.7 Å². The van der Waals surface area contributed by atoms with Crippen molar-refractivity contribution in [1.82, 2.24) is 14.9 Å². The van der Waals surface area contributed by atoms with E-state index in [1.54, 1.807) is 0 Å². The molecule has 226 valence electrons. The lowest BCUT2D eigenvalue weighted by atomic mass is 9.73. The predicted molar refractivity (Wildman–Crippen MR) is 190 cm³/mol.